The molecule has 2 amide bonds. The SMILES string of the molecule is COCC(C)NC(=O)Nc1cccc(-c2nc(C)cs2)c1. The van der Waals surface area contributed by atoms with Crippen LogP contribution in [-0.2, 0) is 4.74 Å². The molecule has 112 valence electrons. The van der Waals surface area contributed by atoms with Gasteiger partial charge in [-0.2, -0.15) is 0 Å². The molecule has 0 bridgehead atoms. The predicted octanol–water partition coefficient (Wildman–Crippen LogP) is 3.27. The van der Waals surface area contributed by atoms with Crippen LogP contribution in [-0.4, -0.2) is 30.8 Å². The van der Waals surface area contributed by atoms with Gasteiger partial charge in [-0.25, -0.2) is 9.78 Å². The molecule has 0 aliphatic rings. The van der Waals surface area contributed by atoms with E-state index in [1.807, 2.05) is 43.5 Å². The minimum Gasteiger partial charge on any atom is -0.383 e. The van der Waals surface area contributed by atoms with Gasteiger partial charge in [0.15, 0.2) is 0 Å². The van der Waals surface area contributed by atoms with Crippen LogP contribution >= 0.6 is 11.3 Å². The fraction of sp³-hybridized carbons (Fsp3) is 0.333. The monoisotopic (exact) mass is 305 g/mol. The van der Waals surface area contributed by atoms with Crippen LogP contribution in [0, 0.1) is 6.92 Å². The highest BCUT2D eigenvalue weighted by atomic mass is 32.1. The zero-order chi connectivity index (χ0) is 15.2. The Bertz CT molecular complexity index is 612. The van der Waals surface area contributed by atoms with Crippen molar-refractivity contribution in [1.82, 2.24) is 10.3 Å². The van der Waals surface area contributed by atoms with Crippen molar-refractivity contribution in [3.05, 3.63) is 35.3 Å². The lowest BCUT2D eigenvalue weighted by molar-refractivity contribution is 0.173. The third-order valence-corrected chi connectivity index (χ3v) is 3.79. The molecule has 0 saturated carbocycles. The van der Waals surface area contributed by atoms with Crippen molar-refractivity contribution in [3.8, 4) is 10.6 Å². The zero-order valence-corrected chi connectivity index (χ0v) is 13.2. The Morgan fingerprint density at radius 2 is 2.29 bits per heavy atom. The zero-order valence-electron chi connectivity index (χ0n) is 12.3. The van der Waals surface area contributed by atoms with Crippen LogP contribution < -0.4 is 10.6 Å². The first kappa shape index (κ1) is 15.5. The molecule has 0 radical (unpaired) electrons. The van der Waals surface area contributed by atoms with Crippen LogP contribution in [0.5, 0.6) is 0 Å². The number of carbonyl (C=O) groups is 1. The summed E-state index contributed by atoms with van der Waals surface area (Å²) in [4.78, 5) is 16.3. The molecule has 5 nitrogen and oxygen atoms in total. The fourth-order valence-corrected chi connectivity index (χ4v) is 2.69. The number of carbonyl (C=O) groups excluding carboxylic acids is 1. The van der Waals surface area contributed by atoms with Crippen molar-refractivity contribution >= 4 is 23.1 Å². The van der Waals surface area contributed by atoms with Gasteiger partial charge in [-0.05, 0) is 26.0 Å². The number of urea groups is 1. The summed E-state index contributed by atoms with van der Waals surface area (Å²) >= 11 is 1.59. The van der Waals surface area contributed by atoms with Crippen LogP contribution in [0.25, 0.3) is 10.6 Å². The van der Waals surface area contributed by atoms with Gasteiger partial charge >= 0.3 is 6.03 Å². The highest BCUT2D eigenvalue weighted by Crippen LogP contribution is 2.25. The molecule has 1 heterocycles. The molecule has 2 N–H and O–H groups in total. The van der Waals surface area contributed by atoms with E-state index in [2.05, 4.69) is 15.6 Å². The van der Waals surface area contributed by atoms with Gasteiger partial charge in [0.25, 0.3) is 0 Å². The summed E-state index contributed by atoms with van der Waals surface area (Å²) in [5.74, 6) is 0. The molecule has 1 atom stereocenters. The molecule has 1 aromatic carbocycles. The number of hydrogen-bond acceptors (Lipinski definition) is 4. The number of methoxy groups -OCH3 is 1. The van der Waals surface area contributed by atoms with E-state index in [0.717, 1.165) is 22.0 Å². The Labute approximate surface area is 128 Å². The van der Waals surface area contributed by atoms with E-state index < -0.39 is 0 Å². The number of hydrogen-bond donors (Lipinski definition) is 2. The predicted molar refractivity (Wildman–Crippen MR) is 85.8 cm³/mol. The maximum absolute atomic E-state index is 11.9. The van der Waals surface area contributed by atoms with Crippen molar-refractivity contribution in [1.29, 1.82) is 0 Å². The molecule has 21 heavy (non-hydrogen) atoms. The molecule has 0 aliphatic carbocycles. The van der Waals surface area contributed by atoms with Crippen molar-refractivity contribution in [2.75, 3.05) is 19.0 Å². The number of benzene rings is 1. The Hall–Kier alpha value is -1.92. The van der Waals surface area contributed by atoms with Crippen LogP contribution in [0.2, 0.25) is 0 Å². The number of aromatic nitrogens is 1. The van der Waals surface area contributed by atoms with Gasteiger partial charge in [-0.3, -0.25) is 0 Å². The molecular weight excluding hydrogens is 286 g/mol. The molecule has 0 aliphatic heterocycles. The standard InChI is InChI=1S/C15H19N3O2S/c1-10(8-20-3)17-15(19)18-13-6-4-5-12(7-13)14-16-11(2)9-21-14/h4-7,9-10H,8H2,1-3H3,(H2,17,18,19). The smallest absolute Gasteiger partial charge is 0.319 e. The average molecular weight is 305 g/mol. The second-order valence-electron chi connectivity index (χ2n) is 4.83. The van der Waals surface area contributed by atoms with E-state index >= 15 is 0 Å². The van der Waals surface area contributed by atoms with Gasteiger partial charge in [0, 0.05) is 29.4 Å². The topological polar surface area (TPSA) is 63.2 Å². The van der Waals surface area contributed by atoms with E-state index in [4.69, 9.17) is 4.74 Å². The normalized spacial score (nSPS) is 12.0. The molecule has 1 unspecified atom stereocenters. The number of ether oxygens (including phenoxy) is 1. The molecule has 1 aromatic heterocycles. The van der Waals surface area contributed by atoms with Gasteiger partial charge < -0.3 is 15.4 Å². The molecule has 2 aromatic rings. The van der Waals surface area contributed by atoms with Crippen LogP contribution in [0.1, 0.15) is 12.6 Å². The maximum atomic E-state index is 11.9. The summed E-state index contributed by atoms with van der Waals surface area (Å²) in [6, 6.07) is 7.37. The van der Waals surface area contributed by atoms with Crippen molar-refractivity contribution in [3.63, 3.8) is 0 Å². The number of rotatable bonds is 5. The molecule has 0 spiro atoms. The van der Waals surface area contributed by atoms with E-state index in [1.165, 1.54) is 0 Å². The van der Waals surface area contributed by atoms with Crippen molar-refractivity contribution < 1.29 is 9.53 Å². The van der Waals surface area contributed by atoms with Crippen LogP contribution in [0.4, 0.5) is 10.5 Å². The van der Waals surface area contributed by atoms with Crippen molar-refractivity contribution in [2.24, 2.45) is 0 Å². The number of aryl methyl sites for hydroxylation is 1. The Kier molecular flexibility index (Phi) is 5.30. The summed E-state index contributed by atoms with van der Waals surface area (Å²) in [7, 11) is 1.61. The van der Waals surface area contributed by atoms with Gasteiger partial charge in [0.1, 0.15) is 5.01 Å². The second-order valence-corrected chi connectivity index (χ2v) is 5.69. The minimum absolute atomic E-state index is 0.0419. The van der Waals surface area contributed by atoms with Gasteiger partial charge in [-0.1, -0.05) is 12.1 Å². The first-order chi connectivity index (χ1) is 10.1. The summed E-state index contributed by atoms with van der Waals surface area (Å²) in [6.07, 6.45) is 0. The Morgan fingerprint density at radius 3 is 2.95 bits per heavy atom. The number of anilines is 1. The quantitative estimate of drug-likeness (QED) is 0.891. The highest BCUT2D eigenvalue weighted by Gasteiger charge is 2.08. The third-order valence-electron chi connectivity index (χ3n) is 2.78. The molecule has 6 heteroatoms. The van der Waals surface area contributed by atoms with Gasteiger partial charge in [0.05, 0.1) is 12.6 Å². The van der Waals surface area contributed by atoms with Crippen LogP contribution in [0.3, 0.4) is 0 Å². The third kappa shape index (κ3) is 4.54. The summed E-state index contributed by atoms with van der Waals surface area (Å²) < 4.78 is 4.98. The molecule has 2 rings (SSSR count). The maximum Gasteiger partial charge on any atom is 0.319 e. The number of amides is 2. The number of thiazole rings is 1. The minimum atomic E-state index is -0.244. The molecular formula is C15H19N3O2S. The van der Waals surface area contributed by atoms with Gasteiger partial charge in [-0.15, -0.1) is 11.3 Å². The number of nitrogens with zero attached hydrogens (tertiary/aromatic N) is 1. The summed E-state index contributed by atoms with van der Waals surface area (Å²) in [5, 5.41) is 8.58. The largest absolute Gasteiger partial charge is 0.383 e. The van der Waals surface area contributed by atoms with E-state index in [0.29, 0.717) is 6.61 Å². The lowest BCUT2D eigenvalue weighted by Crippen LogP contribution is -2.38. The average Bonchev–Trinajstić information content (AvgIpc) is 2.86. The molecule has 0 fully saturated rings. The lowest BCUT2D eigenvalue weighted by Gasteiger charge is -2.13. The second kappa shape index (κ2) is 7.19. The summed E-state index contributed by atoms with van der Waals surface area (Å²) in [5.41, 5.74) is 2.73. The number of nitrogens with one attached hydrogen (secondary N) is 2. The van der Waals surface area contributed by atoms with Crippen LogP contribution in [0.15, 0.2) is 29.6 Å². The van der Waals surface area contributed by atoms with E-state index in [-0.39, 0.29) is 12.1 Å². The summed E-state index contributed by atoms with van der Waals surface area (Å²) in [6.45, 7) is 4.33. The highest BCUT2D eigenvalue weighted by molar-refractivity contribution is 7.13. The lowest BCUT2D eigenvalue weighted by atomic mass is 10.2. The van der Waals surface area contributed by atoms with Crippen molar-refractivity contribution in [2.45, 2.75) is 19.9 Å². The Morgan fingerprint density at radius 1 is 1.48 bits per heavy atom. The first-order valence-corrected chi connectivity index (χ1v) is 7.55. The van der Waals surface area contributed by atoms with E-state index in [1.54, 1.807) is 18.4 Å². The Balaban J connectivity index is 2.03. The fourth-order valence-electron chi connectivity index (χ4n) is 1.90. The van der Waals surface area contributed by atoms with E-state index in [9.17, 15) is 4.79 Å². The molecule has 0 saturated heterocycles. The first-order valence-electron chi connectivity index (χ1n) is 6.67. The van der Waals surface area contributed by atoms with Gasteiger partial charge in [0.2, 0.25) is 0 Å².